The van der Waals surface area contributed by atoms with Crippen LogP contribution in [0.25, 0.3) is 27.8 Å². The van der Waals surface area contributed by atoms with E-state index in [1.54, 1.807) is 27.0 Å². The summed E-state index contributed by atoms with van der Waals surface area (Å²) in [5, 5.41) is 9.39. The van der Waals surface area contributed by atoms with Gasteiger partial charge >= 0.3 is 0 Å². The van der Waals surface area contributed by atoms with Gasteiger partial charge in [-0.2, -0.15) is 5.26 Å². The first-order valence-electron chi connectivity index (χ1n) is 9.69. The van der Waals surface area contributed by atoms with Gasteiger partial charge in [0.1, 0.15) is 28.0 Å². The monoisotopic (exact) mass is 432 g/mol. The zero-order chi connectivity index (χ0) is 22.3. The van der Waals surface area contributed by atoms with Crippen LogP contribution in [0.4, 0.5) is 0 Å². The number of imide groups is 1. The van der Waals surface area contributed by atoms with Crippen LogP contribution in [0, 0.1) is 11.3 Å². The highest BCUT2D eigenvalue weighted by molar-refractivity contribution is 7.19. The summed E-state index contributed by atoms with van der Waals surface area (Å²) in [6.07, 6.45) is 1.74. The summed E-state index contributed by atoms with van der Waals surface area (Å²) >= 11 is 1.46. The van der Waals surface area contributed by atoms with Gasteiger partial charge in [0.15, 0.2) is 0 Å². The molecule has 1 aliphatic heterocycles. The number of fused-ring (bicyclic) bond motifs is 1. The summed E-state index contributed by atoms with van der Waals surface area (Å²) in [5.41, 5.74) is 2.69. The standard InChI is InChI=1S/C23H20N4O3S/c1-5-27-22(28)17(13(2)18(12-24)23(27)29)10-16-11-19-21(31-16)25-20(26(19)3)14-6-8-15(30-4)9-7-14/h6-11H,5H2,1-4H3/b17-10-. The van der Waals surface area contributed by atoms with Crippen LogP contribution in [0.15, 0.2) is 47.1 Å². The third-order valence-corrected chi connectivity index (χ3v) is 6.34. The average Bonchev–Trinajstić information content (AvgIpc) is 3.30. The van der Waals surface area contributed by atoms with Crippen LogP contribution in [-0.2, 0) is 16.6 Å². The van der Waals surface area contributed by atoms with Gasteiger partial charge in [0, 0.05) is 29.6 Å². The highest BCUT2D eigenvalue weighted by Crippen LogP contribution is 2.34. The molecule has 3 aromatic rings. The Morgan fingerprint density at radius 1 is 1.23 bits per heavy atom. The SMILES string of the molecule is CCN1C(=O)C(C#N)=C(C)/C(=C/c2cc3c(nc(-c4ccc(OC)cc4)n3C)s2)C1=O. The number of thiophene rings is 1. The van der Waals surface area contributed by atoms with Crippen molar-refractivity contribution in [3.05, 3.63) is 51.9 Å². The maximum atomic E-state index is 12.8. The van der Waals surface area contributed by atoms with Gasteiger partial charge in [0.05, 0.1) is 12.6 Å². The normalized spacial score (nSPS) is 15.8. The number of nitriles is 1. The Morgan fingerprint density at radius 3 is 2.52 bits per heavy atom. The van der Waals surface area contributed by atoms with Crippen LogP contribution in [0.3, 0.4) is 0 Å². The maximum absolute atomic E-state index is 12.8. The molecule has 1 aromatic carbocycles. The van der Waals surface area contributed by atoms with Crippen molar-refractivity contribution in [1.29, 1.82) is 5.26 Å². The van der Waals surface area contributed by atoms with E-state index in [4.69, 9.17) is 9.72 Å². The molecule has 156 valence electrons. The molecule has 0 aliphatic carbocycles. The van der Waals surface area contributed by atoms with Crippen LogP contribution in [0.1, 0.15) is 18.7 Å². The first-order valence-corrected chi connectivity index (χ1v) is 10.5. The Labute approximate surface area is 183 Å². The average molecular weight is 433 g/mol. The van der Waals surface area contributed by atoms with E-state index in [9.17, 15) is 14.9 Å². The van der Waals surface area contributed by atoms with E-state index in [1.807, 2.05) is 48.0 Å². The minimum Gasteiger partial charge on any atom is -0.497 e. The van der Waals surface area contributed by atoms with Crippen molar-refractivity contribution >= 4 is 39.6 Å². The molecular weight excluding hydrogens is 412 g/mol. The Kier molecular flexibility index (Phi) is 5.21. The summed E-state index contributed by atoms with van der Waals surface area (Å²) in [7, 11) is 3.58. The molecule has 7 nitrogen and oxygen atoms in total. The number of carbonyl (C=O) groups is 2. The number of amides is 2. The van der Waals surface area contributed by atoms with E-state index in [0.717, 1.165) is 37.3 Å². The Bertz CT molecular complexity index is 1320. The predicted octanol–water partition coefficient (Wildman–Crippen LogP) is 3.92. The molecule has 0 saturated heterocycles. The molecule has 0 spiro atoms. The van der Waals surface area contributed by atoms with Crippen LogP contribution >= 0.6 is 11.3 Å². The number of methoxy groups -OCH3 is 1. The van der Waals surface area contributed by atoms with E-state index < -0.39 is 5.91 Å². The van der Waals surface area contributed by atoms with Gasteiger partial charge in [0.25, 0.3) is 11.8 Å². The quantitative estimate of drug-likeness (QED) is 0.461. The van der Waals surface area contributed by atoms with Gasteiger partial charge in [0.2, 0.25) is 0 Å². The number of hydrogen-bond acceptors (Lipinski definition) is 6. The van der Waals surface area contributed by atoms with Gasteiger partial charge in [-0.1, -0.05) is 0 Å². The van der Waals surface area contributed by atoms with Gasteiger partial charge in [-0.05, 0) is 55.8 Å². The van der Waals surface area contributed by atoms with Crippen molar-refractivity contribution in [3.8, 4) is 23.2 Å². The fourth-order valence-electron chi connectivity index (χ4n) is 3.62. The van der Waals surface area contributed by atoms with Gasteiger partial charge < -0.3 is 9.30 Å². The van der Waals surface area contributed by atoms with Crippen molar-refractivity contribution in [2.45, 2.75) is 13.8 Å². The largest absolute Gasteiger partial charge is 0.497 e. The van der Waals surface area contributed by atoms with E-state index >= 15 is 0 Å². The number of carbonyl (C=O) groups excluding carboxylic acids is 2. The molecule has 0 N–H and O–H groups in total. The summed E-state index contributed by atoms with van der Waals surface area (Å²) in [4.78, 5) is 32.7. The van der Waals surface area contributed by atoms with Crippen molar-refractivity contribution in [1.82, 2.24) is 14.5 Å². The zero-order valence-corrected chi connectivity index (χ0v) is 18.4. The molecule has 0 atom stereocenters. The fraction of sp³-hybridized carbons (Fsp3) is 0.217. The van der Waals surface area contributed by atoms with E-state index in [1.165, 1.54) is 11.3 Å². The number of rotatable bonds is 4. The molecular formula is C23H20N4O3S. The smallest absolute Gasteiger partial charge is 0.271 e. The lowest BCUT2D eigenvalue weighted by atomic mass is 9.95. The fourth-order valence-corrected chi connectivity index (χ4v) is 4.63. The van der Waals surface area contributed by atoms with Crippen molar-refractivity contribution < 1.29 is 14.3 Å². The highest BCUT2D eigenvalue weighted by atomic mass is 32.1. The molecule has 3 heterocycles. The predicted molar refractivity (Wildman–Crippen MR) is 119 cm³/mol. The van der Waals surface area contributed by atoms with Crippen molar-refractivity contribution in [3.63, 3.8) is 0 Å². The van der Waals surface area contributed by atoms with E-state index in [0.29, 0.717) is 11.1 Å². The minimum absolute atomic E-state index is 0.00808. The van der Waals surface area contributed by atoms with E-state index in [-0.39, 0.29) is 18.0 Å². The number of nitrogens with zero attached hydrogens (tertiary/aromatic N) is 4. The molecule has 1 aliphatic rings. The lowest BCUT2D eigenvalue weighted by molar-refractivity contribution is -0.140. The topological polar surface area (TPSA) is 88.2 Å². The van der Waals surface area contributed by atoms with Crippen LogP contribution in [0.2, 0.25) is 0 Å². The number of aryl methyl sites for hydroxylation is 1. The zero-order valence-electron chi connectivity index (χ0n) is 17.6. The second-order valence-corrected chi connectivity index (χ2v) is 8.15. The van der Waals surface area contributed by atoms with Gasteiger partial charge in [-0.25, -0.2) is 4.98 Å². The number of hydrogen-bond donors (Lipinski definition) is 0. The molecule has 0 saturated carbocycles. The Balaban J connectivity index is 1.76. The summed E-state index contributed by atoms with van der Waals surface area (Å²) in [5.74, 6) is 0.702. The van der Waals surface area contributed by atoms with Crippen molar-refractivity contribution in [2.24, 2.45) is 7.05 Å². The molecule has 31 heavy (non-hydrogen) atoms. The lowest BCUT2D eigenvalue weighted by Gasteiger charge is -2.26. The summed E-state index contributed by atoms with van der Waals surface area (Å²) in [6, 6.07) is 11.6. The number of aromatic nitrogens is 2. The van der Waals surface area contributed by atoms with Crippen molar-refractivity contribution in [2.75, 3.05) is 13.7 Å². The Morgan fingerprint density at radius 2 is 1.94 bits per heavy atom. The first-order chi connectivity index (χ1) is 14.9. The van der Waals surface area contributed by atoms with Gasteiger partial charge in [-0.3, -0.25) is 14.5 Å². The molecule has 0 radical (unpaired) electrons. The summed E-state index contributed by atoms with van der Waals surface area (Å²) in [6.45, 7) is 3.57. The third-order valence-electron chi connectivity index (χ3n) is 5.38. The van der Waals surface area contributed by atoms with Gasteiger partial charge in [-0.15, -0.1) is 11.3 Å². The second-order valence-electron chi connectivity index (χ2n) is 7.09. The molecule has 2 aromatic heterocycles. The number of benzene rings is 1. The highest BCUT2D eigenvalue weighted by Gasteiger charge is 2.34. The van der Waals surface area contributed by atoms with Crippen LogP contribution in [-0.4, -0.2) is 39.9 Å². The van der Waals surface area contributed by atoms with Crippen LogP contribution < -0.4 is 4.74 Å². The second kappa shape index (κ2) is 7.85. The van der Waals surface area contributed by atoms with Crippen LogP contribution in [0.5, 0.6) is 5.75 Å². The lowest BCUT2D eigenvalue weighted by Crippen LogP contribution is -2.42. The number of likely N-dealkylation sites (N-methyl/N-ethyl adjacent to an activating group) is 1. The maximum Gasteiger partial charge on any atom is 0.271 e. The summed E-state index contributed by atoms with van der Waals surface area (Å²) < 4.78 is 7.22. The first kappa shape index (κ1) is 20.6. The third kappa shape index (κ3) is 3.33. The van der Waals surface area contributed by atoms with E-state index in [2.05, 4.69) is 0 Å². The number of ether oxygens (including phenoxy) is 1. The number of imidazole rings is 1. The molecule has 8 heteroatoms. The molecule has 4 rings (SSSR count). The molecule has 0 fully saturated rings. The minimum atomic E-state index is -0.535. The molecule has 0 bridgehead atoms. The Hall–Kier alpha value is -3.70. The molecule has 0 unspecified atom stereocenters. The molecule has 2 amide bonds.